The van der Waals surface area contributed by atoms with Crippen molar-refractivity contribution in [3.8, 4) is 0 Å². The van der Waals surface area contributed by atoms with Crippen LogP contribution >= 0.6 is 0 Å². The Morgan fingerprint density at radius 2 is 2.29 bits per heavy atom. The fraction of sp³-hybridized carbons (Fsp3) is 0.545. The quantitative estimate of drug-likeness (QED) is 0.722. The van der Waals surface area contributed by atoms with Crippen LogP contribution in [-0.2, 0) is 0 Å². The third-order valence-electron chi connectivity index (χ3n) is 2.67. The van der Waals surface area contributed by atoms with Crippen LogP contribution in [-0.4, -0.2) is 31.2 Å². The Kier molecular flexibility index (Phi) is 2.99. The largest absolute Gasteiger partial charge is 0.370 e. The van der Waals surface area contributed by atoms with Crippen LogP contribution in [0.25, 0.3) is 0 Å². The van der Waals surface area contributed by atoms with E-state index in [1.54, 1.807) is 0 Å². The number of rotatable bonds is 1. The highest BCUT2D eigenvalue weighted by molar-refractivity contribution is 5.51. The first-order valence-electron chi connectivity index (χ1n) is 5.24. The zero-order valence-corrected chi connectivity index (χ0v) is 8.66. The van der Waals surface area contributed by atoms with Gasteiger partial charge in [0.25, 0.3) is 0 Å². The second kappa shape index (κ2) is 4.42. The molecule has 3 heteroatoms. The number of aromatic nitrogens is 1. The minimum absolute atomic E-state index is 1.09. The van der Waals surface area contributed by atoms with Crippen molar-refractivity contribution in [1.82, 2.24) is 10.3 Å². The average molecular weight is 191 g/mol. The lowest BCUT2D eigenvalue weighted by molar-refractivity contribution is 0.724. The molecule has 0 bridgehead atoms. The number of anilines is 1. The molecule has 0 spiro atoms. The zero-order valence-electron chi connectivity index (χ0n) is 8.66. The summed E-state index contributed by atoms with van der Waals surface area (Å²) in [5, 5.41) is 3.41. The number of nitrogens with zero attached hydrogens (tertiary/aromatic N) is 2. The van der Waals surface area contributed by atoms with Crippen LogP contribution < -0.4 is 10.2 Å². The first kappa shape index (κ1) is 9.46. The lowest BCUT2D eigenvalue weighted by Gasteiger charge is -2.23. The topological polar surface area (TPSA) is 28.2 Å². The molecule has 3 nitrogen and oxygen atoms in total. The highest BCUT2D eigenvalue weighted by Crippen LogP contribution is 2.18. The van der Waals surface area contributed by atoms with E-state index in [9.17, 15) is 0 Å². The summed E-state index contributed by atoms with van der Waals surface area (Å²) in [5.74, 6) is 0. The van der Waals surface area contributed by atoms with Gasteiger partial charge in [-0.3, -0.25) is 4.98 Å². The fourth-order valence-electron chi connectivity index (χ4n) is 1.91. The first-order valence-corrected chi connectivity index (χ1v) is 5.24. The van der Waals surface area contributed by atoms with Crippen LogP contribution in [0, 0.1) is 6.92 Å². The summed E-state index contributed by atoms with van der Waals surface area (Å²) in [4.78, 5) is 6.56. The second-order valence-corrected chi connectivity index (χ2v) is 3.75. The standard InChI is InChI=1S/C11H17N3/c1-10-9-13-5-3-11(10)14-7-2-4-12-6-8-14/h3,5,9,12H,2,4,6-8H2,1H3. The van der Waals surface area contributed by atoms with Gasteiger partial charge in [-0.1, -0.05) is 0 Å². The van der Waals surface area contributed by atoms with Crippen molar-refractivity contribution in [2.75, 3.05) is 31.1 Å². The van der Waals surface area contributed by atoms with Gasteiger partial charge in [-0.15, -0.1) is 0 Å². The molecule has 0 atom stereocenters. The van der Waals surface area contributed by atoms with Crippen molar-refractivity contribution in [3.05, 3.63) is 24.0 Å². The molecule has 1 saturated heterocycles. The van der Waals surface area contributed by atoms with Crippen LogP contribution in [0.5, 0.6) is 0 Å². The maximum Gasteiger partial charge on any atom is 0.0427 e. The van der Waals surface area contributed by atoms with Crippen LogP contribution in [0.15, 0.2) is 18.5 Å². The van der Waals surface area contributed by atoms with E-state index in [-0.39, 0.29) is 0 Å². The number of aryl methyl sites for hydroxylation is 1. The van der Waals surface area contributed by atoms with Crippen LogP contribution in [0.3, 0.4) is 0 Å². The highest BCUT2D eigenvalue weighted by atomic mass is 15.2. The Balaban J connectivity index is 2.16. The molecule has 1 fully saturated rings. The van der Waals surface area contributed by atoms with E-state index in [0.717, 1.165) is 26.2 Å². The van der Waals surface area contributed by atoms with Gasteiger partial charge >= 0.3 is 0 Å². The smallest absolute Gasteiger partial charge is 0.0427 e. The van der Waals surface area contributed by atoms with Crippen molar-refractivity contribution >= 4 is 5.69 Å². The molecule has 1 aliphatic rings. The van der Waals surface area contributed by atoms with E-state index in [0.29, 0.717) is 0 Å². The highest BCUT2D eigenvalue weighted by Gasteiger charge is 2.10. The summed E-state index contributed by atoms with van der Waals surface area (Å²) in [6.07, 6.45) is 5.04. The van der Waals surface area contributed by atoms with Gasteiger partial charge in [-0.25, -0.2) is 0 Å². The van der Waals surface area contributed by atoms with Crippen molar-refractivity contribution < 1.29 is 0 Å². The molecule has 0 saturated carbocycles. The summed E-state index contributed by atoms with van der Waals surface area (Å²) in [5.41, 5.74) is 2.61. The van der Waals surface area contributed by atoms with Crippen molar-refractivity contribution in [2.45, 2.75) is 13.3 Å². The van der Waals surface area contributed by atoms with Gasteiger partial charge in [0.05, 0.1) is 0 Å². The predicted octanol–water partition coefficient (Wildman–Crippen LogP) is 1.19. The van der Waals surface area contributed by atoms with E-state index in [1.165, 1.54) is 17.7 Å². The lowest BCUT2D eigenvalue weighted by Crippen LogP contribution is -2.28. The third-order valence-corrected chi connectivity index (χ3v) is 2.67. The Morgan fingerprint density at radius 3 is 3.14 bits per heavy atom. The number of hydrogen-bond donors (Lipinski definition) is 1. The zero-order chi connectivity index (χ0) is 9.80. The SMILES string of the molecule is Cc1cnccc1N1CCCNCC1. The Labute approximate surface area is 85.1 Å². The minimum atomic E-state index is 1.09. The van der Waals surface area contributed by atoms with E-state index in [2.05, 4.69) is 28.2 Å². The summed E-state index contributed by atoms with van der Waals surface area (Å²) in [6, 6.07) is 2.11. The maximum absolute atomic E-state index is 4.12. The van der Waals surface area contributed by atoms with Gasteiger partial charge in [0.2, 0.25) is 0 Å². The van der Waals surface area contributed by atoms with E-state index >= 15 is 0 Å². The van der Waals surface area contributed by atoms with Gasteiger partial charge in [0.15, 0.2) is 0 Å². The molecule has 76 valence electrons. The lowest BCUT2D eigenvalue weighted by atomic mass is 10.2. The Morgan fingerprint density at radius 1 is 1.36 bits per heavy atom. The van der Waals surface area contributed by atoms with Crippen LogP contribution in [0.2, 0.25) is 0 Å². The number of hydrogen-bond acceptors (Lipinski definition) is 3. The average Bonchev–Trinajstić information content (AvgIpc) is 2.47. The number of nitrogens with one attached hydrogen (secondary N) is 1. The normalized spacial score (nSPS) is 17.9. The molecule has 1 aliphatic heterocycles. The van der Waals surface area contributed by atoms with Gasteiger partial charge in [0, 0.05) is 37.7 Å². The molecule has 0 unspecified atom stereocenters. The van der Waals surface area contributed by atoms with Gasteiger partial charge in [0.1, 0.15) is 0 Å². The van der Waals surface area contributed by atoms with Crippen LogP contribution in [0.1, 0.15) is 12.0 Å². The van der Waals surface area contributed by atoms with Crippen LogP contribution in [0.4, 0.5) is 5.69 Å². The minimum Gasteiger partial charge on any atom is -0.370 e. The molecule has 0 amide bonds. The molecular weight excluding hydrogens is 174 g/mol. The molecule has 2 heterocycles. The third kappa shape index (κ3) is 2.04. The molecule has 0 aliphatic carbocycles. The Hall–Kier alpha value is -1.09. The van der Waals surface area contributed by atoms with Crippen molar-refractivity contribution in [2.24, 2.45) is 0 Å². The summed E-state index contributed by atoms with van der Waals surface area (Å²) >= 11 is 0. The van der Waals surface area contributed by atoms with E-state index < -0.39 is 0 Å². The van der Waals surface area contributed by atoms with E-state index in [1.807, 2.05) is 12.4 Å². The van der Waals surface area contributed by atoms with Crippen molar-refractivity contribution in [3.63, 3.8) is 0 Å². The molecule has 14 heavy (non-hydrogen) atoms. The molecule has 0 radical (unpaired) electrons. The van der Waals surface area contributed by atoms with Gasteiger partial charge < -0.3 is 10.2 Å². The molecule has 2 rings (SSSR count). The predicted molar refractivity (Wildman–Crippen MR) is 58.7 cm³/mol. The fourth-order valence-corrected chi connectivity index (χ4v) is 1.91. The monoisotopic (exact) mass is 191 g/mol. The van der Waals surface area contributed by atoms with Gasteiger partial charge in [-0.05, 0) is 31.5 Å². The Bertz CT molecular complexity index is 290. The first-order chi connectivity index (χ1) is 6.88. The summed E-state index contributed by atoms with van der Waals surface area (Å²) < 4.78 is 0. The van der Waals surface area contributed by atoms with Crippen molar-refractivity contribution in [1.29, 1.82) is 0 Å². The molecular formula is C11H17N3. The van der Waals surface area contributed by atoms with E-state index in [4.69, 9.17) is 0 Å². The number of pyridine rings is 1. The summed E-state index contributed by atoms with van der Waals surface area (Å²) in [7, 11) is 0. The summed E-state index contributed by atoms with van der Waals surface area (Å²) in [6.45, 7) is 6.60. The molecule has 1 N–H and O–H groups in total. The molecule has 0 aromatic carbocycles. The second-order valence-electron chi connectivity index (χ2n) is 3.75. The molecule has 1 aromatic rings. The maximum atomic E-state index is 4.12. The molecule has 1 aromatic heterocycles. The van der Waals surface area contributed by atoms with Gasteiger partial charge in [-0.2, -0.15) is 0 Å².